The van der Waals surface area contributed by atoms with E-state index in [0.29, 0.717) is 5.56 Å². The highest BCUT2D eigenvalue weighted by molar-refractivity contribution is 5.94. The first-order valence-electron chi connectivity index (χ1n) is 7.14. The van der Waals surface area contributed by atoms with Crippen LogP contribution in [0.15, 0.2) is 48.8 Å². The molecule has 108 valence electrons. The molecule has 0 saturated carbocycles. The summed E-state index contributed by atoms with van der Waals surface area (Å²) < 4.78 is 5.13. The molecule has 0 radical (unpaired) electrons. The van der Waals surface area contributed by atoms with E-state index >= 15 is 0 Å². The topological polar surface area (TPSA) is 42.4 Å². The molecule has 1 aliphatic heterocycles. The van der Waals surface area contributed by atoms with Crippen molar-refractivity contribution < 1.29 is 9.53 Å². The number of ether oxygens (including phenoxy) is 1. The Morgan fingerprint density at radius 1 is 1.29 bits per heavy atom. The number of amides is 1. The second-order valence-corrected chi connectivity index (χ2v) is 5.17. The maximum atomic E-state index is 12.7. The summed E-state index contributed by atoms with van der Waals surface area (Å²) in [5, 5.41) is 0. The fourth-order valence-corrected chi connectivity index (χ4v) is 2.83. The van der Waals surface area contributed by atoms with Crippen molar-refractivity contribution in [3.05, 3.63) is 59.9 Å². The van der Waals surface area contributed by atoms with Gasteiger partial charge in [0.05, 0.1) is 13.2 Å². The molecule has 1 fully saturated rings. The summed E-state index contributed by atoms with van der Waals surface area (Å²) in [6.45, 7) is 0.796. The van der Waals surface area contributed by atoms with Gasteiger partial charge in [-0.25, -0.2) is 0 Å². The van der Waals surface area contributed by atoms with Crippen LogP contribution < -0.4 is 4.74 Å². The standard InChI is InChI=1S/C17H18N2O2/c1-21-15-8-6-13(7-9-15)17(20)19-11-3-5-16(19)14-4-2-10-18-12-14/h2,4,6-10,12,16H,3,5,11H2,1H3. The van der Waals surface area contributed by atoms with Gasteiger partial charge < -0.3 is 9.64 Å². The number of carbonyl (C=O) groups excluding carboxylic acids is 1. The normalized spacial score (nSPS) is 17.8. The first kappa shape index (κ1) is 13.6. The van der Waals surface area contributed by atoms with Crippen LogP contribution in [0.25, 0.3) is 0 Å². The van der Waals surface area contributed by atoms with Crippen LogP contribution in [-0.2, 0) is 0 Å². The predicted molar refractivity (Wildman–Crippen MR) is 80.2 cm³/mol. The number of nitrogens with zero attached hydrogens (tertiary/aromatic N) is 2. The van der Waals surface area contributed by atoms with Crippen molar-refractivity contribution >= 4 is 5.91 Å². The monoisotopic (exact) mass is 282 g/mol. The maximum Gasteiger partial charge on any atom is 0.254 e. The number of aromatic nitrogens is 1. The first-order valence-corrected chi connectivity index (χ1v) is 7.14. The molecule has 1 atom stereocenters. The van der Waals surface area contributed by atoms with Crippen molar-refractivity contribution in [2.24, 2.45) is 0 Å². The molecule has 3 rings (SSSR count). The van der Waals surface area contributed by atoms with Crippen LogP contribution in [-0.4, -0.2) is 29.4 Å². The van der Waals surface area contributed by atoms with Crippen molar-refractivity contribution in [3.63, 3.8) is 0 Å². The zero-order valence-electron chi connectivity index (χ0n) is 12.0. The van der Waals surface area contributed by atoms with Gasteiger partial charge in [-0.05, 0) is 48.7 Å². The smallest absolute Gasteiger partial charge is 0.254 e. The van der Waals surface area contributed by atoms with Crippen LogP contribution in [0.3, 0.4) is 0 Å². The molecular formula is C17H18N2O2. The maximum absolute atomic E-state index is 12.7. The van der Waals surface area contributed by atoms with Crippen molar-refractivity contribution in [2.45, 2.75) is 18.9 Å². The lowest BCUT2D eigenvalue weighted by Crippen LogP contribution is -2.30. The second kappa shape index (κ2) is 5.95. The number of rotatable bonds is 3. The van der Waals surface area contributed by atoms with Gasteiger partial charge in [-0.2, -0.15) is 0 Å². The lowest BCUT2D eigenvalue weighted by molar-refractivity contribution is 0.0735. The molecule has 1 aromatic heterocycles. The summed E-state index contributed by atoms with van der Waals surface area (Å²) in [5.74, 6) is 0.834. The van der Waals surface area contributed by atoms with Gasteiger partial charge in [0.2, 0.25) is 0 Å². The highest BCUT2D eigenvalue weighted by Gasteiger charge is 2.30. The first-order chi connectivity index (χ1) is 10.3. The highest BCUT2D eigenvalue weighted by Crippen LogP contribution is 2.32. The molecule has 1 saturated heterocycles. The minimum Gasteiger partial charge on any atom is -0.497 e. The Morgan fingerprint density at radius 3 is 2.76 bits per heavy atom. The molecule has 4 heteroatoms. The fourth-order valence-electron chi connectivity index (χ4n) is 2.83. The predicted octanol–water partition coefficient (Wildman–Crippen LogP) is 3.07. The van der Waals surface area contributed by atoms with Crippen molar-refractivity contribution in [3.8, 4) is 5.75 Å². The molecule has 1 aromatic carbocycles. The Labute approximate surface area is 124 Å². The van der Waals surface area contributed by atoms with Crippen LogP contribution in [0.4, 0.5) is 0 Å². The number of pyridine rings is 1. The number of carbonyl (C=O) groups is 1. The minimum absolute atomic E-state index is 0.0732. The molecule has 0 N–H and O–H groups in total. The zero-order chi connectivity index (χ0) is 14.7. The molecule has 0 aliphatic carbocycles. The quantitative estimate of drug-likeness (QED) is 0.869. The Morgan fingerprint density at radius 2 is 2.10 bits per heavy atom. The molecule has 4 nitrogen and oxygen atoms in total. The number of benzene rings is 1. The van der Waals surface area contributed by atoms with Crippen molar-refractivity contribution in [2.75, 3.05) is 13.7 Å². The van der Waals surface area contributed by atoms with E-state index in [1.165, 1.54) is 0 Å². The minimum atomic E-state index is 0.0732. The van der Waals surface area contributed by atoms with Crippen LogP contribution >= 0.6 is 0 Å². The van der Waals surface area contributed by atoms with E-state index in [4.69, 9.17) is 4.74 Å². The summed E-state index contributed by atoms with van der Waals surface area (Å²) in [6.07, 6.45) is 5.63. The third-order valence-corrected chi connectivity index (χ3v) is 3.92. The van der Waals surface area contributed by atoms with E-state index in [-0.39, 0.29) is 11.9 Å². The molecule has 1 unspecified atom stereocenters. The van der Waals surface area contributed by atoms with Crippen molar-refractivity contribution in [1.29, 1.82) is 0 Å². The van der Waals surface area contributed by atoms with Crippen LogP contribution in [0, 0.1) is 0 Å². The number of methoxy groups -OCH3 is 1. The Bertz CT molecular complexity index is 610. The van der Waals surface area contributed by atoms with Crippen LogP contribution in [0.1, 0.15) is 34.8 Å². The summed E-state index contributed by atoms with van der Waals surface area (Å²) in [4.78, 5) is 18.8. The lowest BCUT2D eigenvalue weighted by Gasteiger charge is -2.25. The van der Waals surface area contributed by atoms with E-state index in [1.54, 1.807) is 13.3 Å². The highest BCUT2D eigenvalue weighted by atomic mass is 16.5. The average molecular weight is 282 g/mol. The van der Waals surface area contributed by atoms with Crippen LogP contribution in [0.5, 0.6) is 5.75 Å². The summed E-state index contributed by atoms with van der Waals surface area (Å²) in [6, 6.07) is 11.4. The molecule has 0 bridgehead atoms. The number of hydrogen-bond donors (Lipinski definition) is 0. The van der Waals surface area contributed by atoms with Crippen LogP contribution in [0.2, 0.25) is 0 Å². The third kappa shape index (κ3) is 2.75. The molecule has 2 heterocycles. The van der Waals surface area contributed by atoms with Gasteiger partial charge in [-0.15, -0.1) is 0 Å². The van der Waals surface area contributed by atoms with Gasteiger partial charge in [0.1, 0.15) is 5.75 Å². The molecule has 1 amide bonds. The van der Waals surface area contributed by atoms with E-state index < -0.39 is 0 Å². The Hall–Kier alpha value is -2.36. The zero-order valence-corrected chi connectivity index (χ0v) is 12.0. The van der Waals surface area contributed by atoms with Gasteiger partial charge in [-0.1, -0.05) is 6.07 Å². The molecule has 1 aliphatic rings. The Balaban J connectivity index is 1.82. The van der Waals surface area contributed by atoms with Gasteiger partial charge in [0, 0.05) is 24.5 Å². The molecule has 21 heavy (non-hydrogen) atoms. The van der Waals surface area contributed by atoms with Crippen molar-refractivity contribution in [1.82, 2.24) is 9.88 Å². The van der Waals surface area contributed by atoms with E-state index in [9.17, 15) is 4.79 Å². The fraction of sp³-hybridized carbons (Fsp3) is 0.294. The van der Waals surface area contributed by atoms with E-state index in [0.717, 1.165) is 30.7 Å². The SMILES string of the molecule is COc1ccc(C(=O)N2CCCC2c2cccnc2)cc1. The summed E-state index contributed by atoms with van der Waals surface area (Å²) in [7, 11) is 1.62. The third-order valence-electron chi connectivity index (χ3n) is 3.92. The summed E-state index contributed by atoms with van der Waals surface area (Å²) in [5.41, 5.74) is 1.81. The molecule has 2 aromatic rings. The van der Waals surface area contributed by atoms with Gasteiger partial charge in [0.25, 0.3) is 5.91 Å². The second-order valence-electron chi connectivity index (χ2n) is 5.17. The van der Waals surface area contributed by atoms with Gasteiger partial charge in [0.15, 0.2) is 0 Å². The number of hydrogen-bond acceptors (Lipinski definition) is 3. The lowest BCUT2D eigenvalue weighted by atomic mass is 10.1. The largest absolute Gasteiger partial charge is 0.497 e. The van der Waals surface area contributed by atoms with Gasteiger partial charge >= 0.3 is 0 Å². The summed E-state index contributed by atoms with van der Waals surface area (Å²) >= 11 is 0. The average Bonchev–Trinajstić information content (AvgIpc) is 3.04. The van der Waals surface area contributed by atoms with Gasteiger partial charge in [-0.3, -0.25) is 9.78 Å². The Kier molecular flexibility index (Phi) is 3.86. The van der Waals surface area contributed by atoms with E-state index in [2.05, 4.69) is 4.98 Å². The molecular weight excluding hydrogens is 264 g/mol. The van der Waals surface area contributed by atoms with E-state index in [1.807, 2.05) is 47.5 Å². The number of likely N-dealkylation sites (tertiary alicyclic amines) is 1. The molecule has 0 spiro atoms.